The Labute approximate surface area is 163 Å². The van der Waals surface area contributed by atoms with Crippen LogP contribution in [0.15, 0.2) is 60.7 Å². The monoisotopic (exact) mass is 376 g/mol. The van der Waals surface area contributed by atoms with Gasteiger partial charge in [0.2, 0.25) is 0 Å². The van der Waals surface area contributed by atoms with Crippen molar-refractivity contribution < 1.29 is 19.1 Å². The first kappa shape index (κ1) is 19.1. The molecule has 2 aromatic rings. The van der Waals surface area contributed by atoms with Crippen LogP contribution in [0.1, 0.15) is 16.7 Å². The Bertz CT molecular complexity index is 1010. The Kier molecular flexibility index (Phi) is 5.40. The van der Waals surface area contributed by atoms with Gasteiger partial charge in [0.15, 0.2) is 0 Å². The summed E-state index contributed by atoms with van der Waals surface area (Å²) in [7, 11) is 0. The van der Waals surface area contributed by atoms with Crippen molar-refractivity contribution >= 4 is 29.6 Å². The van der Waals surface area contributed by atoms with Crippen molar-refractivity contribution in [1.29, 1.82) is 0 Å². The zero-order chi connectivity index (χ0) is 20.3. The molecule has 6 nitrogen and oxygen atoms in total. The fourth-order valence-corrected chi connectivity index (χ4v) is 2.95. The number of hydrogen-bond acceptors (Lipinski definition) is 4. The van der Waals surface area contributed by atoms with Crippen molar-refractivity contribution in [2.75, 3.05) is 11.5 Å². The number of imide groups is 2. The summed E-state index contributed by atoms with van der Waals surface area (Å²) in [5.74, 6) is -0.813. The normalized spacial score (nSPS) is 15.6. The van der Waals surface area contributed by atoms with Gasteiger partial charge in [-0.15, -0.1) is 0 Å². The molecule has 2 aromatic carbocycles. The van der Waals surface area contributed by atoms with Crippen molar-refractivity contribution in [3.8, 4) is 5.75 Å². The number of aryl methyl sites for hydroxylation is 2. The molecule has 142 valence electrons. The highest BCUT2D eigenvalue weighted by atomic mass is 16.5. The summed E-state index contributed by atoms with van der Waals surface area (Å²) in [6, 6.07) is 11.6. The smallest absolute Gasteiger partial charge is 0.335 e. The molecule has 0 spiro atoms. The topological polar surface area (TPSA) is 75.7 Å². The van der Waals surface area contributed by atoms with E-state index in [9.17, 15) is 14.4 Å². The number of anilines is 1. The van der Waals surface area contributed by atoms with E-state index in [0.717, 1.165) is 16.0 Å². The molecule has 0 bridgehead atoms. The number of hydrogen-bond donors (Lipinski definition) is 1. The standard InChI is InChI=1S/C22H20N2O4/c1-4-10-28-17-7-5-6-16(12-17)13-18-20(25)23-22(27)24(21(18)26)19-9-8-14(2)11-15(19)3/h4-9,11-13H,1,10H2,2-3H3,(H,23,25,27)/b18-13-. The number of carbonyl (C=O) groups excluding carboxylic acids is 3. The summed E-state index contributed by atoms with van der Waals surface area (Å²) in [4.78, 5) is 38.6. The number of urea groups is 1. The van der Waals surface area contributed by atoms with E-state index in [4.69, 9.17) is 4.74 Å². The molecular formula is C22H20N2O4. The third kappa shape index (κ3) is 3.86. The number of carbonyl (C=O) groups is 3. The van der Waals surface area contributed by atoms with Gasteiger partial charge in [0.05, 0.1) is 5.69 Å². The summed E-state index contributed by atoms with van der Waals surface area (Å²) >= 11 is 0. The van der Waals surface area contributed by atoms with Crippen LogP contribution < -0.4 is 15.0 Å². The van der Waals surface area contributed by atoms with E-state index in [1.165, 1.54) is 6.08 Å². The third-order valence-corrected chi connectivity index (χ3v) is 4.23. The van der Waals surface area contributed by atoms with E-state index in [-0.39, 0.29) is 5.57 Å². The van der Waals surface area contributed by atoms with Crippen molar-refractivity contribution in [3.05, 3.63) is 77.4 Å². The van der Waals surface area contributed by atoms with Crippen LogP contribution in [0, 0.1) is 13.8 Å². The maximum absolute atomic E-state index is 13.0. The Morgan fingerprint density at radius 2 is 1.89 bits per heavy atom. The van der Waals surface area contributed by atoms with Crippen LogP contribution in [0.3, 0.4) is 0 Å². The van der Waals surface area contributed by atoms with E-state index < -0.39 is 17.8 Å². The number of amides is 4. The van der Waals surface area contributed by atoms with E-state index in [1.54, 1.807) is 36.4 Å². The summed E-state index contributed by atoms with van der Waals surface area (Å²) in [5, 5.41) is 2.23. The molecule has 0 aliphatic carbocycles. The lowest BCUT2D eigenvalue weighted by Crippen LogP contribution is -2.54. The molecule has 0 atom stereocenters. The SMILES string of the molecule is C=CCOc1cccc(/C=C2/C(=O)NC(=O)N(c3ccc(C)cc3C)C2=O)c1. The zero-order valence-electron chi connectivity index (χ0n) is 15.7. The fraction of sp³-hybridized carbons (Fsp3) is 0.136. The van der Waals surface area contributed by atoms with Gasteiger partial charge in [-0.3, -0.25) is 14.9 Å². The second-order valence-electron chi connectivity index (χ2n) is 6.42. The minimum absolute atomic E-state index is 0.125. The molecule has 1 heterocycles. The van der Waals surface area contributed by atoms with Gasteiger partial charge in [0.25, 0.3) is 11.8 Å². The Morgan fingerprint density at radius 1 is 1.11 bits per heavy atom. The van der Waals surface area contributed by atoms with Gasteiger partial charge >= 0.3 is 6.03 Å². The van der Waals surface area contributed by atoms with Crippen molar-refractivity contribution in [2.45, 2.75) is 13.8 Å². The molecule has 1 fully saturated rings. The second-order valence-corrected chi connectivity index (χ2v) is 6.42. The van der Waals surface area contributed by atoms with Gasteiger partial charge in [-0.05, 0) is 49.2 Å². The molecule has 1 aliphatic heterocycles. The lowest BCUT2D eigenvalue weighted by atomic mass is 10.0. The van der Waals surface area contributed by atoms with Gasteiger partial charge < -0.3 is 4.74 Å². The maximum atomic E-state index is 13.0. The van der Waals surface area contributed by atoms with Gasteiger partial charge in [-0.2, -0.15) is 0 Å². The molecule has 0 radical (unpaired) electrons. The largest absolute Gasteiger partial charge is 0.490 e. The summed E-state index contributed by atoms with van der Waals surface area (Å²) in [6.45, 7) is 7.67. The highest BCUT2D eigenvalue weighted by molar-refractivity contribution is 6.39. The van der Waals surface area contributed by atoms with Crippen molar-refractivity contribution in [3.63, 3.8) is 0 Å². The van der Waals surface area contributed by atoms with Crippen molar-refractivity contribution in [1.82, 2.24) is 5.32 Å². The maximum Gasteiger partial charge on any atom is 0.335 e. The van der Waals surface area contributed by atoms with Gasteiger partial charge in [0.1, 0.15) is 17.9 Å². The minimum Gasteiger partial charge on any atom is -0.490 e. The number of nitrogens with zero attached hydrogens (tertiary/aromatic N) is 1. The molecule has 6 heteroatoms. The van der Waals surface area contributed by atoms with E-state index in [2.05, 4.69) is 11.9 Å². The van der Waals surface area contributed by atoms with Crippen LogP contribution in [0.25, 0.3) is 6.08 Å². The lowest BCUT2D eigenvalue weighted by molar-refractivity contribution is -0.122. The molecular weight excluding hydrogens is 356 g/mol. The average molecular weight is 376 g/mol. The van der Waals surface area contributed by atoms with Gasteiger partial charge in [-0.1, -0.05) is 42.5 Å². The van der Waals surface area contributed by atoms with Gasteiger partial charge in [-0.25, -0.2) is 9.69 Å². The van der Waals surface area contributed by atoms with E-state index in [0.29, 0.717) is 23.6 Å². The molecule has 0 saturated carbocycles. The van der Waals surface area contributed by atoms with E-state index in [1.807, 2.05) is 26.0 Å². The molecule has 4 amide bonds. The lowest BCUT2D eigenvalue weighted by Gasteiger charge is -2.27. The second kappa shape index (κ2) is 7.92. The first-order valence-electron chi connectivity index (χ1n) is 8.73. The van der Waals surface area contributed by atoms with Crippen LogP contribution in [0.4, 0.5) is 10.5 Å². The predicted octanol–water partition coefficient (Wildman–Crippen LogP) is 3.53. The summed E-state index contributed by atoms with van der Waals surface area (Å²) < 4.78 is 5.48. The molecule has 28 heavy (non-hydrogen) atoms. The number of ether oxygens (including phenoxy) is 1. The third-order valence-electron chi connectivity index (χ3n) is 4.23. The summed E-state index contributed by atoms with van der Waals surface area (Å²) in [5.41, 5.74) is 2.69. The quantitative estimate of drug-likeness (QED) is 0.492. The van der Waals surface area contributed by atoms with Crippen LogP contribution in [-0.4, -0.2) is 24.5 Å². The van der Waals surface area contributed by atoms with Crippen LogP contribution in [-0.2, 0) is 9.59 Å². The average Bonchev–Trinajstić information content (AvgIpc) is 2.65. The molecule has 1 aliphatic rings. The zero-order valence-corrected chi connectivity index (χ0v) is 15.7. The number of rotatable bonds is 5. The molecule has 3 rings (SSSR count). The van der Waals surface area contributed by atoms with Crippen LogP contribution in [0.2, 0.25) is 0 Å². The minimum atomic E-state index is -0.762. The first-order valence-corrected chi connectivity index (χ1v) is 8.73. The molecule has 1 N–H and O–H groups in total. The van der Waals surface area contributed by atoms with Crippen LogP contribution >= 0.6 is 0 Å². The number of nitrogens with one attached hydrogen (secondary N) is 1. The Balaban J connectivity index is 1.98. The first-order chi connectivity index (χ1) is 13.4. The van der Waals surface area contributed by atoms with Crippen LogP contribution in [0.5, 0.6) is 5.75 Å². The van der Waals surface area contributed by atoms with E-state index >= 15 is 0 Å². The molecule has 0 aromatic heterocycles. The highest BCUT2D eigenvalue weighted by Gasteiger charge is 2.37. The highest BCUT2D eigenvalue weighted by Crippen LogP contribution is 2.26. The Morgan fingerprint density at radius 3 is 2.61 bits per heavy atom. The predicted molar refractivity (Wildman–Crippen MR) is 107 cm³/mol. The number of benzene rings is 2. The molecule has 1 saturated heterocycles. The fourth-order valence-electron chi connectivity index (χ4n) is 2.95. The Hall–Kier alpha value is -3.67. The molecule has 0 unspecified atom stereocenters. The number of barbiturate groups is 1. The van der Waals surface area contributed by atoms with Gasteiger partial charge in [0, 0.05) is 0 Å². The summed E-state index contributed by atoms with van der Waals surface area (Å²) in [6.07, 6.45) is 3.07. The van der Waals surface area contributed by atoms with Crippen molar-refractivity contribution in [2.24, 2.45) is 0 Å².